The first-order valence-electron chi connectivity index (χ1n) is 5.25. The molecule has 0 fully saturated rings. The summed E-state index contributed by atoms with van der Waals surface area (Å²) in [6, 6.07) is 6.04. The van der Waals surface area contributed by atoms with Crippen LogP contribution in [0.25, 0.3) is 16.7 Å². The highest BCUT2D eigenvalue weighted by molar-refractivity contribution is 5.89. The average molecular weight is 212 g/mol. The van der Waals surface area contributed by atoms with Gasteiger partial charge in [-0.1, -0.05) is 0 Å². The van der Waals surface area contributed by atoms with Crippen LogP contribution < -0.4 is 0 Å². The molecule has 4 heteroatoms. The molecule has 0 bridgehead atoms. The lowest BCUT2D eigenvalue weighted by Crippen LogP contribution is -1.96. The third-order valence-corrected chi connectivity index (χ3v) is 2.68. The second-order valence-electron chi connectivity index (χ2n) is 4.10. The Morgan fingerprint density at radius 3 is 2.62 bits per heavy atom. The molecule has 80 valence electrons. The molecule has 3 heterocycles. The summed E-state index contributed by atoms with van der Waals surface area (Å²) in [4.78, 5) is 8.93. The smallest absolute Gasteiger partial charge is 0.184 e. The summed E-state index contributed by atoms with van der Waals surface area (Å²) < 4.78 is 1.85. The SMILES string of the molecule is Cc1ccc2c(n1)nn1c(C)cc(C)nc21. The fourth-order valence-corrected chi connectivity index (χ4v) is 1.97. The van der Waals surface area contributed by atoms with Crippen molar-refractivity contribution < 1.29 is 0 Å². The van der Waals surface area contributed by atoms with Crippen molar-refractivity contribution in [3.63, 3.8) is 0 Å². The zero-order valence-corrected chi connectivity index (χ0v) is 9.52. The van der Waals surface area contributed by atoms with E-state index in [-0.39, 0.29) is 0 Å². The number of pyridine rings is 1. The molecule has 0 amide bonds. The predicted molar refractivity (Wildman–Crippen MR) is 62.5 cm³/mol. The van der Waals surface area contributed by atoms with E-state index in [4.69, 9.17) is 0 Å². The van der Waals surface area contributed by atoms with Crippen molar-refractivity contribution >= 4 is 16.7 Å². The maximum absolute atomic E-state index is 4.51. The molecule has 16 heavy (non-hydrogen) atoms. The lowest BCUT2D eigenvalue weighted by atomic mass is 10.3. The van der Waals surface area contributed by atoms with Gasteiger partial charge in [0.15, 0.2) is 11.3 Å². The molecule has 0 aliphatic carbocycles. The van der Waals surface area contributed by atoms with Crippen LogP contribution in [0.1, 0.15) is 17.1 Å². The summed E-state index contributed by atoms with van der Waals surface area (Å²) in [5.74, 6) is 0. The number of rotatable bonds is 0. The van der Waals surface area contributed by atoms with E-state index < -0.39 is 0 Å². The van der Waals surface area contributed by atoms with Crippen LogP contribution in [0.3, 0.4) is 0 Å². The van der Waals surface area contributed by atoms with Gasteiger partial charge in [0.05, 0.1) is 5.39 Å². The zero-order valence-electron chi connectivity index (χ0n) is 9.52. The highest BCUT2D eigenvalue weighted by Gasteiger charge is 2.09. The van der Waals surface area contributed by atoms with E-state index in [1.807, 2.05) is 43.5 Å². The second-order valence-corrected chi connectivity index (χ2v) is 4.10. The number of hydrogen-bond donors (Lipinski definition) is 0. The van der Waals surface area contributed by atoms with Gasteiger partial charge in [-0.2, -0.15) is 0 Å². The van der Waals surface area contributed by atoms with Crippen LogP contribution in [-0.2, 0) is 0 Å². The summed E-state index contributed by atoms with van der Waals surface area (Å²) in [5, 5.41) is 5.47. The largest absolute Gasteiger partial charge is 0.233 e. The number of aromatic nitrogens is 4. The van der Waals surface area contributed by atoms with Gasteiger partial charge in [-0.15, -0.1) is 5.10 Å². The Morgan fingerprint density at radius 1 is 1.00 bits per heavy atom. The average Bonchev–Trinajstić information content (AvgIpc) is 2.56. The van der Waals surface area contributed by atoms with E-state index >= 15 is 0 Å². The van der Waals surface area contributed by atoms with Gasteiger partial charge in [-0.25, -0.2) is 14.5 Å². The Balaban J connectivity index is 2.55. The molecule has 3 aromatic rings. The van der Waals surface area contributed by atoms with Crippen molar-refractivity contribution in [3.05, 3.63) is 35.3 Å². The fraction of sp³-hybridized carbons (Fsp3) is 0.250. The highest BCUT2D eigenvalue weighted by atomic mass is 15.3. The minimum absolute atomic E-state index is 0.765. The normalized spacial score (nSPS) is 11.4. The van der Waals surface area contributed by atoms with Gasteiger partial charge >= 0.3 is 0 Å². The standard InChI is InChI=1S/C12H12N4/c1-7-4-5-10-11(13-7)15-16-9(3)6-8(2)14-12(10)16/h4-6H,1-3H3. The van der Waals surface area contributed by atoms with Crippen LogP contribution in [0.2, 0.25) is 0 Å². The number of hydrogen-bond acceptors (Lipinski definition) is 3. The van der Waals surface area contributed by atoms with Gasteiger partial charge in [0, 0.05) is 17.1 Å². The second kappa shape index (κ2) is 3.01. The first-order chi connectivity index (χ1) is 7.65. The quantitative estimate of drug-likeness (QED) is 0.573. The molecule has 0 aliphatic heterocycles. The van der Waals surface area contributed by atoms with Crippen LogP contribution in [0.5, 0.6) is 0 Å². The molecule has 0 spiro atoms. The van der Waals surface area contributed by atoms with Crippen molar-refractivity contribution in [1.29, 1.82) is 0 Å². The van der Waals surface area contributed by atoms with E-state index in [1.165, 1.54) is 0 Å². The summed E-state index contributed by atoms with van der Waals surface area (Å²) in [6.45, 7) is 5.99. The Hall–Kier alpha value is -1.97. The van der Waals surface area contributed by atoms with Crippen LogP contribution in [0.4, 0.5) is 0 Å². The van der Waals surface area contributed by atoms with Crippen molar-refractivity contribution in [2.45, 2.75) is 20.8 Å². The lowest BCUT2D eigenvalue weighted by Gasteiger charge is -1.99. The molecule has 0 saturated heterocycles. The number of fused-ring (bicyclic) bond motifs is 3. The van der Waals surface area contributed by atoms with Crippen molar-refractivity contribution in [3.8, 4) is 0 Å². The van der Waals surface area contributed by atoms with Crippen LogP contribution in [-0.4, -0.2) is 19.6 Å². The van der Waals surface area contributed by atoms with Crippen molar-refractivity contribution in [2.24, 2.45) is 0 Å². The molecule has 0 atom stereocenters. The molecule has 0 saturated carbocycles. The van der Waals surface area contributed by atoms with E-state index in [0.29, 0.717) is 0 Å². The predicted octanol–water partition coefficient (Wildman–Crippen LogP) is 2.20. The molecule has 0 N–H and O–H groups in total. The third kappa shape index (κ3) is 1.19. The van der Waals surface area contributed by atoms with Crippen molar-refractivity contribution in [1.82, 2.24) is 19.6 Å². The fourth-order valence-electron chi connectivity index (χ4n) is 1.97. The van der Waals surface area contributed by atoms with E-state index in [0.717, 1.165) is 33.8 Å². The first kappa shape index (κ1) is 9.27. The molecular formula is C12H12N4. The first-order valence-corrected chi connectivity index (χ1v) is 5.25. The highest BCUT2D eigenvalue weighted by Crippen LogP contribution is 2.18. The van der Waals surface area contributed by atoms with Gasteiger partial charge in [-0.05, 0) is 39.0 Å². The van der Waals surface area contributed by atoms with E-state index in [2.05, 4.69) is 15.1 Å². The van der Waals surface area contributed by atoms with Crippen LogP contribution in [0, 0.1) is 20.8 Å². The summed E-state index contributed by atoms with van der Waals surface area (Å²) in [6.07, 6.45) is 0. The molecule has 3 rings (SSSR count). The van der Waals surface area contributed by atoms with Gasteiger partial charge in [0.25, 0.3) is 0 Å². The topological polar surface area (TPSA) is 43.1 Å². The Morgan fingerprint density at radius 2 is 1.81 bits per heavy atom. The zero-order chi connectivity index (χ0) is 11.3. The minimum atomic E-state index is 0.765. The third-order valence-electron chi connectivity index (χ3n) is 2.68. The molecule has 0 unspecified atom stereocenters. The summed E-state index contributed by atoms with van der Waals surface area (Å²) in [5.41, 5.74) is 4.72. The maximum atomic E-state index is 4.51. The minimum Gasteiger partial charge on any atom is -0.233 e. The van der Waals surface area contributed by atoms with Gasteiger partial charge in [0.1, 0.15) is 0 Å². The summed E-state index contributed by atoms with van der Waals surface area (Å²) in [7, 11) is 0. The number of nitrogens with zero attached hydrogens (tertiary/aromatic N) is 4. The Kier molecular flexibility index (Phi) is 1.74. The van der Waals surface area contributed by atoms with Gasteiger partial charge < -0.3 is 0 Å². The summed E-state index contributed by atoms with van der Waals surface area (Å²) >= 11 is 0. The molecule has 0 radical (unpaired) electrons. The monoisotopic (exact) mass is 212 g/mol. The molecule has 4 nitrogen and oxygen atoms in total. The molecule has 3 aromatic heterocycles. The lowest BCUT2D eigenvalue weighted by molar-refractivity contribution is 0.892. The molecule has 0 aliphatic rings. The van der Waals surface area contributed by atoms with E-state index in [9.17, 15) is 0 Å². The molecular weight excluding hydrogens is 200 g/mol. The van der Waals surface area contributed by atoms with Gasteiger partial charge in [0.2, 0.25) is 0 Å². The number of aryl methyl sites for hydroxylation is 3. The Bertz CT molecular complexity index is 697. The van der Waals surface area contributed by atoms with E-state index in [1.54, 1.807) is 0 Å². The van der Waals surface area contributed by atoms with Gasteiger partial charge in [-0.3, -0.25) is 0 Å². The van der Waals surface area contributed by atoms with Crippen LogP contribution in [0.15, 0.2) is 18.2 Å². The molecule has 0 aromatic carbocycles. The van der Waals surface area contributed by atoms with Crippen LogP contribution >= 0.6 is 0 Å². The van der Waals surface area contributed by atoms with Crippen molar-refractivity contribution in [2.75, 3.05) is 0 Å². The Labute approximate surface area is 93.0 Å². The maximum Gasteiger partial charge on any atom is 0.184 e.